The van der Waals surface area contributed by atoms with Crippen molar-refractivity contribution >= 4 is 52.3 Å². The molecule has 0 aromatic carbocycles. The molecule has 0 fully saturated rings. The molecule has 0 saturated heterocycles. The van der Waals surface area contributed by atoms with Crippen molar-refractivity contribution in [3.8, 4) is 0 Å². The second-order valence-electron chi connectivity index (χ2n) is 7.87. The average molecular weight is 610 g/mol. The van der Waals surface area contributed by atoms with Gasteiger partial charge in [-0.3, -0.25) is 0 Å². The van der Waals surface area contributed by atoms with Crippen LogP contribution in [0.15, 0.2) is 11.1 Å². The molecule has 4 nitrogen and oxygen atoms in total. The van der Waals surface area contributed by atoms with Crippen molar-refractivity contribution in [3.05, 3.63) is 11.1 Å². The van der Waals surface area contributed by atoms with Crippen LogP contribution in [0.5, 0.6) is 0 Å². The zero-order valence-electron chi connectivity index (χ0n) is 19.3. The molecule has 0 heterocycles. The maximum absolute atomic E-state index is 12.6. The summed E-state index contributed by atoms with van der Waals surface area (Å²) in [5.74, 6) is -0.535. The summed E-state index contributed by atoms with van der Waals surface area (Å²) in [6, 6.07) is 0. The summed E-state index contributed by atoms with van der Waals surface area (Å²) in [5.41, 5.74) is 0.909. The van der Waals surface area contributed by atoms with Gasteiger partial charge in [-0.25, -0.2) is 0 Å². The molecule has 28 heavy (non-hydrogen) atoms. The van der Waals surface area contributed by atoms with Crippen LogP contribution < -0.4 is 0 Å². The van der Waals surface area contributed by atoms with E-state index in [2.05, 4.69) is 27.7 Å². The summed E-state index contributed by atoms with van der Waals surface area (Å²) >= 11 is -4.60. The number of hydrogen-bond acceptors (Lipinski definition) is 4. The Balaban J connectivity index is 4.95. The van der Waals surface area contributed by atoms with Crippen molar-refractivity contribution in [2.45, 2.75) is 111 Å². The van der Waals surface area contributed by atoms with Crippen LogP contribution in [0, 0.1) is 0 Å². The summed E-state index contributed by atoms with van der Waals surface area (Å²) in [4.78, 5) is 25.3. The first-order valence-corrected chi connectivity index (χ1v) is 23.5. The number of hydrogen-bond donors (Lipinski definition) is 0. The fourth-order valence-corrected chi connectivity index (χ4v) is 18.6. The molecule has 164 valence electrons. The third kappa shape index (κ3) is 12.8. The van der Waals surface area contributed by atoms with E-state index in [-0.39, 0.29) is 11.9 Å². The summed E-state index contributed by atoms with van der Waals surface area (Å²) < 4.78 is 16.3. The number of carbonyl (C=O) groups excluding carboxylic acids is 2. The number of unbranched alkanes of at least 4 members (excludes halogenated alkanes) is 4. The van der Waals surface area contributed by atoms with Gasteiger partial charge in [-0.1, -0.05) is 0 Å². The van der Waals surface area contributed by atoms with E-state index in [9.17, 15) is 9.59 Å². The van der Waals surface area contributed by atoms with Crippen molar-refractivity contribution in [1.29, 1.82) is 0 Å². The second kappa shape index (κ2) is 18.1. The Morgan fingerprint density at radius 2 is 0.821 bits per heavy atom. The molecule has 0 spiro atoms. The molecule has 0 N–H and O–H groups in total. The Hall–Kier alpha value is 0.277. The SMILES string of the molecule is CCC[CH2][SnH]([CH2]CCC)[O]C(=O)/C(C)=C(/C)C(=O)[O][SnH]([CH2]CCC)[CH2]CCC. The molecule has 0 atom stereocenters. The molecule has 0 saturated carbocycles. The van der Waals surface area contributed by atoms with Gasteiger partial charge in [0, 0.05) is 0 Å². The predicted molar refractivity (Wildman–Crippen MR) is 124 cm³/mol. The van der Waals surface area contributed by atoms with Crippen molar-refractivity contribution in [2.24, 2.45) is 0 Å². The van der Waals surface area contributed by atoms with Gasteiger partial charge >= 0.3 is 190 Å². The van der Waals surface area contributed by atoms with E-state index in [4.69, 9.17) is 6.15 Å². The minimum absolute atomic E-state index is 0.267. The molecule has 0 rings (SSSR count). The molecule has 0 radical (unpaired) electrons. The van der Waals surface area contributed by atoms with E-state index in [0.29, 0.717) is 11.1 Å². The Labute approximate surface area is 188 Å². The van der Waals surface area contributed by atoms with E-state index in [0.717, 1.165) is 69.1 Å². The van der Waals surface area contributed by atoms with Crippen molar-refractivity contribution < 1.29 is 15.7 Å². The van der Waals surface area contributed by atoms with Gasteiger partial charge in [-0.05, 0) is 0 Å². The van der Waals surface area contributed by atoms with Crippen LogP contribution in [0.2, 0.25) is 17.7 Å². The van der Waals surface area contributed by atoms with Crippen molar-refractivity contribution in [3.63, 3.8) is 0 Å². The van der Waals surface area contributed by atoms with Gasteiger partial charge in [0.05, 0.1) is 0 Å². The van der Waals surface area contributed by atoms with Crippen LogP contribution in [-0.4, -0.2) is 52.3 Å². The molecule has 0 aliphatic carbocycles. The van der Waals surface area contributed by atoms with Crippen LogP contribution >= 0.6 is 0 Å². The average Bonchev–Trinajstić information content (AvgIpc) is 2.70. The van der Waals surface area contributed by atoms with Crippen LogP contribution in [0.3, 0.4) is 0 Å². The predicted octanol–water partition coefficient (Wildman–Crippen LogP) is 6.06. The zero-order valence-corrected chi connectivity index (χ0v) is 25.9. The van der Waals surface area contributed by atoms with Gasteiger partial charge in [0.25, 0.3) is 0 Å². The zero-order chi connectivity index (χ0) is 21.4. The fourth-order valence-electron chi connectivity index (χ4n) is 3.04. The van der Waals surface area contributed by atoms with Gasteiger partial charge in [0.15, 0.2) is 0 Å². The Morgan fingerprint density at radius 1 is 0.571 bits per heavy atom. The van der Waals surface area contributed by atoms with Gasteiger partial charge in [0.2, 0.25) is 0 Å². The molecular weight excluding hydrogens is 566 g/mol. The quantitative estimate of drug-likeness (QED) is 0.158. The van der Waals surface area contributed by atoms with E-state index in [1.807, 2.05) is 0 Å². The van der Waals surface area contributed by atoms with Gasteiger partial charge in [0.1, 0.15) is 0 Å². The Kier molecular flexibility index (Phi) is 18.3. The molecular formula is C22H44O4Sn2. The summed E-state index contributed by atoms with van der Waals surface area (Å²) in [6.45, 7) is 12.2. The van der Waals surface area contributed by atoms with E-state index < -0.39 is 40.3 Å². The molecule has 0 unspecified atom stereocenters. The Morgan fingerprint density at radius 3 is 1.04 bits per heavy atom. The summed E-state index contributed by atoms with van der Waals surface area (Å²) in [6.07, 6.45) is 9.14. The molecule has 0 aliphatic heterocycles. The Bertz CT molecular complexity index is 419. The summed E-state index contributed by atoms with van der Waals surface area (Å²) in [7, 11) is 0. The van der Waals surface area contributed by atoms with Crippen molar-refractivity contribution in [1.82, 2.24) is 0 Å². The first-order chi connectivity index (χ1) is 13.4. The van der Waals surface area contributed by atoms with Crippen LogP contribution in [0.4, 0.5) is 0 Å². The topological polar surface area (TPSA) is 52.6 Å². The third-order valence-electron chi connectivity index (χ3n) is 5.24. The molecule has 0 amide bonds. The van der Waals surface area contributed by atoms with Crippen LogP contribution in [-0.2, 0) is 15.7 Å². The van der Waals surface area contributed by atoms with Gasteiger partial charge < -0.3 is 0 Å². The minimum atomic E-state index is -2.30. The van der Waals surface area contributed by atoms with E-state index >= 15 is 0 Å². The first kappa shape index (κ1) is 28.3. The van der Waals surface area contributed by atoms with E-state index in [1.54, 1.807) is 13.8 Å². The standard InChI is InChI=1S/C6H8O4.4C4H9.2Sn.2H/c1-3(5(7)8)4(2)6(9)10;4*1-3-4-2;;;;/h1-2H3,(H,7,8)(H,9,10);4*1,3-4H2,2H3;;;;/q;;;;;2*+1;;/p-2/b4-3-;;;;;;;;. The molecule has 0 aliphatic rings. The van der Waals surface area contributed by atoms with Crippen LogP contribution in [0.25, 0.3) is 0 Å². The van der Waals surface area contributed by atoms with Crippen molar-refractivity contribution in [2.75, 3.05) is 0 Å². The maximum atomic E-state index is 12.6. The molecule has 0 aromatic rings. The fraction of sp³-hybridized carbons (Fsp3) is 0.818. The summed E-state index contributed by atoms with van der Waals surface area (Å²) in [5, 5.41) is 0. The first-order valence-electron chi connectivity index (χ1n) is 11.5. The number of rotatable bonds is 16. The molecule has 6 heteroatoms. The van der Waals surface area contributed by atoms with E-state index in [1.165, 1.54) is 0 Å². The van der Waals surface area contributed by atoms with Gasteiger partial charge in [-0.2, -0.15) is 0 Å². The normalized spacial score (nSPS) is 12.3. The second-order valence-corrected chi connectivity index (χ2v) is 22.9. The molecule has 0 bridgehead atoms. The van der Waals surface area contributed by atoms with Crippen LogP contribution in [0.1, 0.15) is 92.9 Å². The monoisotopic (exact) mass is 612 g/mol. The third-order valence-corrected chi connectivity index (χ3v) is 20.4. The molecule has 0 aromatic heterocycles. The van der Waals surface area contributed by atoms with Gasteiger partial charge in [-0.15, -0.1) is 0 Å². The number of carbonyl (C=O) groups is 2.